The van der Waals surface area contributed by atoms with Crippen molar-refractivity contribution in [3.8, 4) is 12.1 Å². The van der Waals surface area contributed by atoms with E-state index in [0.29, 0.717) is 0 Å². The van der Waals surface area contributed by atoms with E-state index in [1.165, 1.54) is 23.4 Å². The minimum Gasteiger partial charge on any atom is -0.370 e. The third-order valence-electron chi connectivity index (χ3n) is 3.20. The number of aryl methyl sites for hydroxylation is 1. The lowest BCUT2D eigenvalue weighted by molar-refractivity contribution is 0.858. The van der Waals surface area contributed by atoms with Gasteiger partial charge in [0.2, 0.25) is 0 Å². The maximum absolute atomic E-state index is 8.70. The van der Waals surface area contributed by atoms with Crippen LogP contribution in [0.5, 0.6) is 0 Å². The molecule has 1 N–H and O–H groups in total. The van der Waals surface area contributed by atoms with Gasteiger partial charge in [0.25, 0.3) is 0 Å². The van der Waals surface area contributed by atoms with Crippen LogP contribution in [0.15, 0.2) is 30.0 Å². The van der Waals surface area contributed by atoms with Crippen molar-refractivity contribution in [1.29, 1.82) is 10.5 Å². The smallest absolute Gasteiger partial charge is 0.145 e. The largest absolute Gasteiger partial charge is 0.370 e. The molecule has 0 radical (unpaired) electrons. The van der Waals surface area contributed by atoms with E-state index in [-0.39, 0.29) is 5.57 Å². The Morgan fingerprint density at radius 2 is 2.00 bits per heavy atom. The highest BCUT2D eigenvalue weighted by Gasteiger charge is 2.11. The Bertz CT molecular complexity index is 573. The highest BCUT2D eigenvalue weighted by Crippen LogP contribution is 2.25. The van der Waals surface area contributed by atoms with E-state index in [2.05, 4.69) is 22.3 Å². The summed E-state index contributed by atoms with van der Waals surface area (Å²) in [5.74, 6) is 2.35. The first kappa shape index (κ1) is 14.3. The van der Waals surface area contributed by atoms with Crippen LogP contribution in [0.1, 0.15) is 5.56 Å². The van der Waals surface area contributed by atoms with E-state index in [0.717, 1.165) is 24.3 Å². The maximum Gasteiger partial charge on any atom is 0.145 e. The minimum absolute atomic E-state index is 0.0709. The molecular formula is C15H16N4S. The van der Waals surface area contributed by atoms with Crippen LogP contribution in [0.4, 0.5) is 11.4 Å². The van der Waals surface area contributed by atoms with Gasteiger partial charge in [-0.1, -0.05) is 0 Å². The van der Waals surface area contributed by atoms with Gasteiger partial charge in [0, 0.05) is 42.2 Å². The molecule has 1 heterocycles. The van der Waals surface area contributed by atoms with Gasteiger partial charge < -0.3 is 10.2 Å². The summed E-state index contributed by atoms with van der Waals surface area (Å²) in [6.07, 6.45) is 1.44. The zero-order valence-electron chi connectivity index (χ0n) is 11.4. The summed E-state index contributed by atoms with van der Waals surface area (Å²) in [6, 6.07) is 9.88. The summed E-state index contributed by atoms with van der Waals surface area (Å²) >= 11 is 1.99. The van der Waals surface area contributed by atoms with Gasteiger partial charge in [-0.3, -0.25) is 0 Å². The quantitative estimate of drug-likeness (QED) is 0.865. The van der Waals surface area contributed by atoms with Crippen LogP contribution in [0, 0.1) is 29.6 Å². The summed E-state index contributed by atoms with van der Waals surface area (Å²) in [5.41, 5.74) is 3.33. The Hall–Kier alpha value is -2.11. The second-order valence-corrected chi connectivity index (χ2v) is 5.75. The van der Waals surface area contributed by atoms with Gasteiger partial charge in [0.05, 0.1) is 0 Å². The molecule has 1 saturated heterocycles. The van der Waals surface area contributed by atoms with Crippen LogP contribution < -0.4 is 10.2 Å². The first-order valence-corrected chi connectivity index (χ1v) is 7.60. The number of benzene rings is 1. The van der Waals surface area contributed by atoms with E-state index in [9.17, 15) is 0 Å². The monoisotopic (exact) mass is 284 g/mol. The van der Waals surface area contributed by atoms with E-state index in [4.69, 9.17) is 10.5 Å². The number of hydrogen-bond acceptors (Lipinski definition) is 5. The summed E-state index contributed by atoms with van der Waals surface area (Å²) in [4.78, 5) is 2.39. The van der Waals surface area contributed by atoms with Crippen molar-refractivity contribution in [3.63, 3.8) is 0 Å². The lowest BCUT2D eigenvalue weighted by atomic mass is 10.1. The number of rotatable bonds is 3. The van der Waals surface area contributed by atoms with Gasteiger partial charge in [-0.2, -0.15) is 22.3 Å². The first-order chi connectivity index (χ1) is 9.74. The standard InChI is InChI=1S/C15H16N4S/c1-12-8-14(19-4-6-20-7-5-19)2-3-15(12)18-11-13(9-16)10-17/h2-3,8,11,18H,4-7H2,1H3. The van der Waals surface area contributed by atoms with Crippen molar-refractivity contribution in [3.05, 3.63) is 35.5 Å². The molecule has 0 aliphatic carbocycles. The Balaban J connectivity index is 2.12. The molecule has 1 aliphatic heterocycles. The number of nitriles is 2. The molecule has 0 saturated carbocycles. The van der Waals surface area contributed by atoms with Crippen LogP contribution in [0.25, 0.3) is 0 Å². The Labute approximate surface area is 123 Å². The maximum atomic E-state index is 8.70. The molecule has 1 fully saturated rings. The molecule has 1 aliphatic rings. The molecule has 20 heavy (non-hydrogen) atoms. The predicted molar refractivity (Wildman–Crippen MR) is 83.6 cm³/mol. The van der Waals surface area contributed by atoms with Crippen molar-refractivity contribution >= 4 is 23.1 Å². The van der Waals surface area contributed by atoms with Gasteiger partial charge >= 0.3 is 0 Å². The molecule has 0 aromatic heterocycles. The lowest BCUT2D eigenvalue weighted by Crippen LogP contribution is -2.32. The number of nitrogens with zero attached hydrogens (tertiary/aromatic N) is 3. The molecule has 0 spiro atoms. The number of nitrogens with one attached hydrogen (secondary N) is 1. The molecular weight excluding hydrogens is 268 g/mol. The Morgan fingerprint density at radius 3 is 2.60 bits per heavy atom. The normalized spacial score (nSPS) is 14.1. The topological polar surface area (TPSA) is 62.9 Å². The summed E-state index contributed by atoms with van der Waals surface area (Å²) < 4.78 is 0. The van der Waals surface area contributed by atoms with E-state index in [1.807, 2.05) is 36.9 Å². The fourth-order valence-corrected chi connectivity index (χ4v) is 2.97. The lowest BCUT2D eigenvalue weighted by Gasteiger charge is -2.29. The van der Waals surface area contributed by atoms with Crippen molar-refractivity contribution in [1.82, 2.24) is 0 Å². The minimum atomic E-state index is 0.0709. The molecule has 5 heteroatoms. The number of thioether (sulfide) groups is 1. The highest BCUT2D eigenvalue weighted by molar-refractivity contribution is 7.99. The molecule has 0 bridgehead atoms. The molecule has 0 amide bonds. The van der Waals surface area contributed by atoms with E-state index in [1.54, 1.807) is 0 Å². The van der Waals surface area contributed by atoms with Gasteiger partial charge in [-0.25, -0.2) is 0 Å². The van der Waals surface area contributed by atoms with Crippen LogP contribution >= 0.6 is 11.8 Å². The molecule has 0 unspecified atom stereocenters. The fraction of sp³-hybridized carbons (Fsp3) is 0.333. The molecule has 4 nitrogen and oxygen atoms in total. The fourth-order valence-electron chi connectivity index (χ4n) is 2.07. The molecule has 2 rings (SSSR count). The zero-order valence-corrected chi connectivity index (χ0v) is 12.2. The van der Waals surface area contributed by atoms with Crippen molar-refractivity contribution in [2.75, 3.05) is 34.8 Å². The molecule has 1 aromatic rings. The van der Waals surface area contributed by atoms with Crippen LogP contribution in [0.3, 0.4) is 0 Å². The SMILES string of the molecule is Cc1cc(N2CCSCC2)ccc1NC=C(C#N)C#N. The third kappa shape index (κ3) is 3.46. The summed E-state index contributed by atoms with van der Waals surface area (Å²) in [5, 5.41) is 20.4. The van der Waals surface area contributed by atoms with Crippen molar-refractivity contribution < 1.29 is 0 Å². The third-order valence-corrected chi connectivity index (χ3v) is 4.14. The predicted octanol–water partition coefficient (Wildman–Crippen LogP) is 2.89. The summed E-state index contributed by atoms with van der Waals surface area (Å²) in [7, 11) is 0. The number of hydrogen-bond donors (Lipinski definition) is 1. The van der Waals surface area contributed by atoms with Crippen molar-refractivity contribution in [2.45, 2.75) is 6.92 Å². The van der Waals surface area contributed by atoms with Gasteiger partial charge in [0.15, 0.2) is 0 Å². The second-order valence-electron chi connectivity index (χ2n) is 4.52. The van der Waals surface area contributed by atoms with Crippen molar-refractivity contribution in [2.24, 2.45) is 0 Å². The highest BCUT2D eigenvalue weighted by atomic mass is 32.2. The van der Waals surface area contributed by atoms with Crippen LogP contribution in [-0.2, 0) is 0 Å². The van der Waals surface area contributed by atoms with E-state index >= 15 is 0 Å². The van der Waals surface area contributed by atoms with Crippen LogP contribution in [0.2, 0.25) is 0 Å². The summed E-state index contributed by atoms with van der Waals surface area (Å²) in [6.45, 7) is 4.20. The Kier molecular flexibility index (Phi) is 4.92. The average molecular weight is 284 g/mol. The van der Waals surface area contributed by atoms with Gasteiger partial charge in [-0.05, 0) is 30.7 Å². The van der Waals surface area contributed by atoms with E-state index < -0.39 is 0 Å². The van der Waals surface area contributed by atoms with Gasteiger partial charge in [-0.15, -0.1) is 0 Å². The zero-order chi connectivity index (χ0) is 14.4. The molecule has 1 aromatic carbocycles. The van der Waals surface area contributed by atoms with Crippen LogP contribution in [-0.4, -0.2) is 24.6 Å². The number of anilines is 2. The molecule has 102 valence electrons. The first-order valence-electron chi connectivity index (χ1n) is 6.45. The molecule has 0 atom stereocenters. The average Bonchev–Trinajstić information content (AvgIpc) is 2.50. The number of allylic oxidation sites excluding steroid dienone is 1. The second kappa shape index (κ2) is 6.88. The Morgan fingerprint density at radius 1 is 1.30 bits per heavy atom. The van der Waals surface area contributed by atoms with Gasteiger partial charge in [0.1, 0.15) is 17.7 Å².